The molecule has 0 N–H and O–H groups in total. The molecular formula is C19H17F4N3O. The fourth-order valence-electron chi connectivity index (χ4n) is 3.47. The zero-order valence-electron chi connectivity index (χ0n) is 14.6. The highest BCUT2D eigenvalue weighted by molar-refractivity contribution is 5.84. The van der Waals surface area contributed by atoms with Crippen molar-refractivity contribution in [2.45, 2.75) is 31.8 Å². The molecule has 1 saturated heterocycles. The van der Waals surface area contributed by atoms with E-state index in [4.69, 9.17) is 4.84 Å². The molecular weight excluding hydrogens is 362 g/mol. The predicted molar refractivity (Wildman–Crippen MR) is 91.3 cm³/mol. The van der Waals surface area contributed by atoms with E-state index in [1.807, 2.05) is 0 Å². The SMILES string of the molecule is Cc1cc(-c2c(F)cccc2F)c(C2CC(N3CCC(F)(F)C3)=NO2)cn1. The molecule has 0 radical (unpaired) electrons. The minimum atomic E-state index is -2.74. The molecule has 4 nitrogen and oxygen atoms in total. The highest BCUT2D eigenvalue weighted by Gasteiger charge is 2.41. The number of aryl methyl sites for hydroxylation is 1. The normalized spacial score (nSPS) is 21.3. The summed E-state index contributed by atoms with van der Waals surface area (Å²) in [6, 6.07) is 5.24. The van der Waals surface area contributed by atoms with E-state index in [0.29, 0.717) is 22.7 Å². The molecule has 2 aliphatic heterocycles. The number of oxime groups is 1. The molecule has 0 aliphatic carbocycles. The molecule has 1 aromatic heterocycles. The maximum atomic E-state index is 14.3. The summed E-state index contributed by atoms with van der Waals surface area (Å²) >= 11 is 0. The lowest BCUT2D eigenvalue weighted by Gasteiger charge is -2.18. The third-order valence-corrected chi connectivity index (χ3v) is 4.84. The monoisotopic (exact) mass is 379 g/mol. The number of nitrogens with zero attached hydrogens (tertiary/aromatic N) is 3. The lowest BCUT2D eigenvalue weighted by Crippen LogP contribution is -2.30. The molecule has 2 aliphatic rings. The Hall–Kier alpha value is -2.64. The van der Waals surface area contributed by atoms with E-state index in [1.54, 1.807) is 13.0 Å². The van der Waals surface area contributed by atoms with Gasteiger partial charge in [-0.25, -0.2) is 17.6 Å². The van der Waals surface area contributed by atoms with Crippen LogP contribution in [0.25, 0.3) is 11.1 Å². The lowest BCUT2D eigenvalue weighted by atomic mass is 9.95. The van der Waals surface area contributed by atoms with E-state index in [1.165, 1.54) is 29.3 Å². The first-order chi connectivity index (χ1) is 12.8. The van der Waals surface area contributed by atoms with Crippen molar-refractivity contribution in [1.82, 2.24) is 9.88 Å². The third kappa shape index (κ3) is 3.36. The Morgan fingerprint density at radius 2 is 1.96 bits per heavy atom. The zero-order chi connectivity index (χ0) is 19.2. The molecule has 0 amide bonds. The maximum absolute atomic E-state index is 14.3. The van der Waals surface area contributed by atoms with Crippen LogP contribution in [0.1, 0.15) is 30.2 Å². The number of pyridine rings is 1. The van der Waals surface area contributed by atoms with Crippen molar-refractivity contribution in [3.63, 3.8) is 0 Å². The molecule has 0 spiro atoms. The first kappa shape index (κ1) is 17.8. The number of rotatable bonds is 2. The summed E-state index contributed by atoms with van der Waals surface area (Å²) in [5, 5.41) is 3.94. The second kappa shape index (κ2) is 6.51. The van der Waals surface area contributed by atoms with E-state index in [9.17, 15) is 17.6 Å². The first-order valence-electron chi connectivity index (χ1n) is 8.60. The van der Waals surface area contributed by atoms with Gasteiger partial charge in [0.25, 0.3) is 5.92 Å². The summed E-state index contributed by atoms with van der Waals surface area (Å²) in [5.41, 5.74) is 1.22. The zero-order valence-corrected chi connectivity index (χ0v) is 14.6. The van der Waals surface area contributed by atoms with Crippen LogP contribution in [0.4, 0.5) is 17.6 Å². The van der Waals surface area contributed by atoms with Crippen molar-refractivity contribution < 1.29 is 22.4 Å². The van der Waals surface area contributed by atoms with Crippen molar-refractivity contribution in [2.24, 2.45) is 5.16 Å². The average Bonchev–Trinajstić information content (AvgIpc) is 3.21. The summed E-state index contributed by atoms with van der Waals surface area (Å²) in [6.07, 6.45) is 0.868. The van der Waals surface area contributed by atoms with Gasteiger partial charge in [-0.15, -0.1) is 0 Å². The topological polar surface area (TPSA) is 37.7 Å². The lowest BCUT2D eigenvalue weighted by molar-refractivity contribution is 0.0174. The molecule has 2 aromatic rings. The Kier molecular flexibility index (Phi) is 4.28. The Morgan fingerprint density at radius 1 is 1.22 bits per heavy atom. The summed E-state index contributed by atoms with van der Waals surface area (Å²) in [7, 11) is 0. The van der Waals surface area contributed by atoms with Crippen LogP contribution in [0.3, 0.4) is 0 Å². The summed E-state index contributed by atoms with van der Waals surface area (Å²) in [6.45, 7) is 1.52. The average molecular weight is 379 g/mol. The smallest absolute Gasteiger partial charge is 0.266 e. The van der Waals surface area contributed by atoms with E-state index < -0.39 is 30.2 Å². The number of benzene rings is 1. The molecule has 1 aromatic carbocycles. The van der Waals surface area contributed by atoms with E-state index >= 15 is 0 Å². The van der Waals surface area contributed by atoms with Gasteiger partial charge in [0.2, 0.25) is 0 Å². The standard InChI is InChI=1S/C19H17F4N3O/c1-11-7-12(18-14(20)3-2-4-15(18)21)13(9-24-11)16-8-17(25-27-16)26-6-5-19(22,23)10-26/h2-4,7,9,16H,5-6,8,10H2,1H3. The fraction of sp³-hybridized carbons (Fsp3) is 0.368. The number of halogens is 4. The number of aromatic nitrogens is 1. The van der Waals surface area contributed by atoms with Crippen molar-refractivity contribution in [1.29, 1.82) is 0 Å². The van der Waals surface area contributed by atoms with E-state index in [0.717, 1.165) is 0 Å². The highest BCUT2D eigenvalue weighted by Crippen LogP contribution is 2.38. The van der Waals surface area contributed by atoms with Crippen molar-refractivity contribution in [3.8, 4) is 11.1 Å². The highest BCUT2D eigenvalue weighted by atomic mass is 19.3. The van der Waals surface area contributed by atoms with Crippen LogP contribution >= 0.6 is 0 Å². The van der Waals surface area contributed by atoms with Crippen molar-refractivity contribution in [3.05, 3.63) is 53.4 Å². The molecule has 3 heterocycles. The van der Waals surface area contributed by atoms with Crippen LogP contribution in [0, 0.1) is 18.6 Å². The van der Waals surface area contributed by atoms with E-state index in [-0.39, 0.29) is 24.9 Å². The maximum Gasteiger partial charge on any atom is 0.266 e. The number of amidine groups is 1. The van der Waals surface area contributed by atoms with Gasteiger partial charge in [-0.3, -0.25) is 4.98 Å². The van der Waals surface area contributed by atoms with Crippen LogP contribution in [0.2, 0.25) is 0 Å². The minimum absolute atomic E-state index is 0.164. The van der Waals surface area contributed by atoms with Crippen molar-refractivity contribution >= 4 is 5.84 Å². The molecule has 8 heteroatoms. The summed E-state index contributed by atoms with van der Waals surface area (Å²) < 4.78 is 55.6. The van der Waals surface area contributed by atoms with Crippen LogP contribution in [0.15, 0.2) is 35.6 Å². The van der Waals surface area contributed by atoms with Gasteiger partial charge in [-0.1, -0.05) is 11.2 Å². The number of likely N-dealkylation sites (tertiary alicyclic amines) is 1. The van der Waals surface area contributed by atoms with Gasteiger partial charge in [0.05, 0.1) is 18.5 Å². The molecule has 4 rings (SSSR count). The van der Waals surface area contributed by atoms with Crippen LogP contribution in [0.5, 0.6) is 0 Å². The molecule has 27 heavy (non-hydrogen) atoms. The molecule has 1 atom stereocenters. The van der Waals surface area contributed by atoms with Crippen molar-refractivity contribution in [2.75, 3.05) is 13.1 Å². The molecule has 0 bridgehead atoms. The minimum Gasteiger partial charge on any atom is -0.386 e. The quantitative estimate of drug-likeness (QED) is 0.724. The van der Waals surface area contributed by atoms with Gasteiger partial charge in [-0.05, 0) is 30.7 Å². The predicted octanol–water partition coefficient (Wildman–Crippen LogP) is 4.45. The molecule has 1 fully saturated rings. The van der Waals surface area contributed by atoms with Gasteiger partial charge in [0.15, 0.2) is 6.10 Å². The van der Waals surface area contributed by atoms with Crippen LogP contribution < -0.4 is 0 Å². The van der Waals surface area contributed by atoms with Gasteiger partial charge in [-0.2, -0.15) is 0 Å². The Morgan fingerprint density at radius 3 is 2.63 bits per heavy atom. The number of alkyl halides is 2. The number of hydrogen-bond donors (Lipinski definition) is 0. The largest absolute Gasteiger partial charge is 0.386 e. The van der Waals surface area contributed by atoms with Gasteiger partial charge < -0.3 is 9.74 Å². The third-order valence-electron chi connectivity index (χ3n) is 4.84. The number of hydrogen-bond acceptors (Lipinski definition) is 4. The Bertz CT molecular complexity index is 896. The second-order valence-corrected chi connectivity index (χ2v) is 6.84. The molecule has 1 unspecified atom stereocenters. The van der Waals surface area contributed by atoms with Crippen LogP contribution in [-0.4, -0.2) is 34.7 Å². The first-order valence-corrected chi connectivity index (χ1v) is 8.60. The Balaban J connectivity index is 1.65. The summed E-state index contributed by atoms with van der Waals surface area (Å²) in [5.74, 6) is -3.72. The van der Waals surface area contributed by atoms with E-state index in [2.05, 4.69) is 10.1 Å². The molecule has 142 valence electrons. The Labute approximate surface area is 153 Å². The summed E-state index contributed by atoms with van der Waals surface area (Å²) in [4.78, 5) is 11.1. The van der Waals surface area contributed by atoms with Gasteiger partial charge >= 0.3 is 0 Å². The fourth-order valence-corrected chi connectivity index (χ4v) is 3.47. The second-order valence-electron chi connectivity index (χ2n) is 6.84. The molecule has 0 saturated carbocycles. The van der Waals surface area contributed by atoms with Gasteiger partial charge in [0.1, 0.15) is 17.5 Å². The van der Waals surface area contributed by atoms with Gasteiger partial charge in [0, 0.05) is 30.4 Å². The van der Waals surface area contributed by atoms with Crippen LogP contribution in [-0.2, 0) is 4.84 Å².